The zero-order valence-electron chi connectivity index (χ0n) is 30.1. The van der Waals surface area contributed by atoms with Gasteiger partial charge in [0.2, 0.25) is 0 Å². The molecule has 0 spiro atoms. The molecule has 0 aliphatic carbocycles. The van der Waals surface area contributed by atoms with Crippen molar-refractivity contribution >= 4 is 11.6 Å². The van der Waals surface area contributed by atoms with Gasteiger partial charge in [-0.2, -0.15) is 0 Å². The van der Waals surface area contributed by atoms with E-state index >= 15 is 0 Å². The van der Waals surface area contributed by atoms with Gasteiger partial charge in [0.05, 0.1) is 18.3 Å². The lowest BCUT2D eigenvalue weighted by Gasteiger charge is -2.17. The van der Waals surface area contributed by atoms with Gasteiger partial charge in [-0.25, -0.2) is 0 Å². The third kappa shape index (κ3) is 35.7. The molecular formula is C39H78O5. The smallest absolute Gasteiger partial charge is 0.132 e. The van der Waals surface area contributed by atoms with Gasteiger partial charge in [-0.05, 0) is 38.5 Å². The number of ketones is 2. The molecule has 44 heavy (non-hydrogen) atoms. The average molecular weight is 627 g/mol. The predicted molar refractivity (Wildman–Crippen MR) is 189 cm³/mol. The minimum atomic E-state index is -0.562. The Labute approximate surface area is 274 Å². The second kappa shape index (κ2) is 36.7. The lowest BCUT2D eigenvalue weighted by atomic mass is 9.99. The van der Waals surface area contributed by atoms with Crippen LogP contribution in [-0.2, 0) is 9.59 Å². The molecule has 0 rings (SSSR count). The first-order valence-corrected chi connectivity index (χ1v) is 19.4. The Morgan fingerprint density at radius 3 is 1.00 bits per heavy atom. The Kier molecular flexibility index (Phi) is 37.8. The van der Waals surface area contributed by atoms with Crippen LogP contribution in [0.4, 0.5) is 0 Å². The van der Waals surface area contributed by atoms with Crippen LogP contribution in [0.1, 0.15) is 220 Å². The van der Waals surface area contributed by atoms with Crippen LogP contribution >= 0.6 is 0 Å². The molecule has 5 nitrogen and oxygen atoms in total. The van der Waals surface area contributed by atoms with Crippen LogP contribution in [-0.4, -0.2) is 45.2 Å². The molecule has 3 N–H and O–H groups in total. The van der Waals surface area contributed by atoms with E-state index in [0.717, 1.165) is 83.5 Å². The zero-order chi connectivity index (χ0) is 33.1. The van der Waals surface area contributed by atoms with Crippen molar-refractivity contribution in [1.82, 2.24) is 0 Å². The molecule has 0 amide bonds. The molecule has 0 aromatic rings. The Morgan fingerprint density at radius 2 is 0.659 bits per heavy atom. The molecule has 3 atom stereocenters. The number of carbonyl (C=O) groups excluding carboxylic acids is 2. The maximum Gasteiger partial charge on any atom is 0.132 e. The molecule has 0 saturated carbocycles. The number of unbranched alkanes of at least 4 members (excludes halogenated alkanes) is 18. The second-order valence-electron chi connectivity index (χ2n) is 13.3. The number of hydrogen-bond acceptors (Lipinski definition) is 5. The summed E-state index contributed by atoms with van der Waals surface area (Å²) in [4.78, 5) is 22.3. The van der Waals surface area contributed by atoms with Gasteiger partial charge in [0.1, 0.15) is 11.6 Å². The van der Waals surface area contributed by atoms with E-state index in [9.17, 15) is 24.9 Å². The van der Waals surface area contributed by atoms with Gasteiger partial charge in [0, 0.05) is 25.7 Å². The lowest BCUT2D eigenvalue weighted by molar-refractivity contribution is -0.119. The van der Waals surface area contributed by atoms with Crippen molar-refractivity contribution in [2.75, 3.05) is 0 Å². The Morgan fingerprint density at radius 1 is 0.386 bits per heavy atom. The van der Waals surface area contributed by atoms with Crippen LogP contribution < -0.4 is 0 Å². The summed E-state index contributed by atoms with van der Waals surface area (Å²) in [6.45, 7) is 8.28. The molecule has 0 aromatic heterocycles. The Hall–Kier alpha value is -0.780. The quantitative estimate of drug-likeness (QED) is 0.0630. The molecule has 3 unspecified atom stereocenters. The maximum absolute atomic E-state index is 11.2. The van der Waals surface area contributed by atoms with Crippen molar-refractivity contribution < 1.29 is 24.9 Å². The number of aliphatic hydroxyl groups excluding tert-OH is 3. The SMILES string of the molecule is CCCCCCC(O)CCCCCCCCCCC(=O)CC.CCCCCCCC(O)C(O)CCCCCCCC(=O)CC. The van der Waals surface area contributed by atoms with Gasteiger partial charge >= 0.3 is 0 Å². The van der Waals surface area contributed by atoms with E-state index in [1.165, 1.54) is 89.9 Å². The van der Waals surface area contributed by atoms with Crippen molar-refractivity contribution in [3.05, 3.63) is 0 Å². The van der Waals surface area contributed by atoms with Crippen LogP contribution in [0.15, 0.2) is 0 Å². The van der Waals surface area contributed by atoms with E-state index in [-0.39, 0.29) is 6.10 Å². The summed E-state index contributed by atoms with van der Waals surface area (Å²) >= 11 is 0. The first-order valence-electron chi connectivity index (χ1n) is 19.4. The monoisotopic (exact) mass is 627 g/mol. The standard InChI is InChI=1S/C20H40O2.C19H38O3/c1-3-5-6-13-17-20(22)18-15-12-10-8-7-9-11-14-16-19(21)4-2;1-3-5-6-8-12-15-18(21)19(22)16-13-10-7-9-11-14-17(20)4-2/h20,22H,3-18H2,1-2H3;18-19,21-22H,3-16H2,1-2H3. The molecule has 0 fully saturated rings. The molecule has 0 aliphatic rings. The number of Topliss-reactive ketones (excluding diaryl/α,β-unsaturated/α-hetero) is 2. The van der Waals surface area contributed by atoms with Crippen molar-refractivity contribution in [2.24, 2.45) is 0 Å². The molecule has 0 radical (unpaired) electrons. The Bertz CT molecular complexity index is 593. The average Bonchev–Trinajstić information content (AvgIpc) is 3.03. The molecule has 0 aliphatic heterocycles. The fourth-order valence-electron chi connectivity index (χ4n) is 5.62. The topological polar surface area (TPSA) is 94.8 Å². The zero-order valence-corrected chi connectivity index (χ0v) is 30.1. The molecule has 0 aromatic carbocycles. The van der Waals surface area contributed by atoms with Gasteiger partial charge in [-0.15, -0.1) is 0 Å². The fourth-order valence-corrected chi connectivity index (χ4v) is 5.62. The minimum absolute atomic E-state index is 0.0621. The van der Waals surface area contributed by atoms with Gasteiger partial charge in [0.25, 0.3) is 0 Å². The van der Waals surface area contributed by atoms with Crippen molar-refractivity contribution in [3.8, 4) is 0 Å². The molecule has 5 heteroatoms. The minimum Gasteiger partial charge on any atom is -0.393 e. The highest BCUT2D eigenvalue weighted by atomic mass is 16.3. The number of rotatable bonds is 33. The molecule has 0 saturated heterocycles. The van der Waals surface area contributed by atoms with E-state index in [2.05, 4.69) is 13.8 Å². The van der Waals surface area contributed by atoms with Gasteiger partial charge in [0.15, 0.2) is 0 Å². The van der Waals surface area contributed by atoms with Crippen LogP contribution in [0.25, 0.3) is 0 Å². The normalized spacial score (nSPS) is 13.2. The summed E-state index contributed by atoms with van der Waals surface area (Å²) in [6, 6.07) is 0. The van der Waals surface area contributed by atoms with E-state index < -0.39 is 12.2 Å². The van der Waals surface area contributed by atoms with Gasteiger partial charge < -0.3 is 15.3 Å². The van der Waals surface area contributed by atoms with Crippen LogP contribution in [0.2, 0.25) is 0 Å². The third-order valence-electron chi connectivity index (χ3n) is 8.93. The van der Waals surface area contributed by atoms with E-state index in [4.69, 9.17) is 0 Å². The number of hydrogen-bond donors (Lipinski definition) is 3. The van der Waals surface area contributed by atoms with E-state index in [0.29, 0.717) is 30.8 Å². The van der Waals surface area contributed by atoms with Crippen molar-refractivity contribution in [3.63, 3.8) is 0 Å². The van der Waals surface area contributed by atoms with Crippen LogP contribution in [0.3, 0.4) is 0 Å². The maximum atomic E-state index is 11.2. The molecular weight excluding hydrogens is 548 g/mol. The van der Waals surface area contributed by atoms with E-state index in [1.54, 1.807) is 0 Å². The third-order valence-corrected chi connectivity index (χ3v) is 8.93. The van der Waals surface area contributed by atoms with Crippen molar-refractivity contribution in [1.29, 1.82) is 0 Å². The summed E-state index contributed by atoms with van der Waals surface area (Å²) in [6.07, 6.45) is 31.2. The Balaban J connectivity index is 0. The van der Waals surface area contributed by atoms with Gasteiger partial charge in [-0.3, -0.25) is 9.59 Å². The van der Waals surface area contributed by atoms with Crippen LogP contribution in [0, 0.1) is 0 Å². The van der Waals surface area contributed by atoms with Crippen molar-refractivity contribution in [2.45, 2.75) is 239 Å². The summed E-state index contributed by atoms with van der Waals surface area (Å²) in [7, 11) is 0. The summed E-state index contributed by atoms with van der Waals surface area (Å²) in [5, 5.41) is 29.7. The van der Waals surface area contributed by atoms with E-state index in [1.807, 2.05) is 13.8 Å². The molecule has 264 valence electrons. The highest BCUT2D eigenvalue weighted by Gasteiger charge is 2.15. The summed E-state index contributed by atoms with van der Waals surface area (Å²) in [5.74, 6) is 0.769. The fraction of sp³-hybridized carbons (Fsp3) is 0.949. The second-order valence-corrected chi connectivity index (χ2v) is 13.3. The number of aliphatic hydroxyl groups is 3. The number of carbonyl (C=O) groups is 2. The largest absolute Gasteiger partial charge is 0.393 e. The van der Waals surface area contributed by atoms with Crippen LogP contribution in [0.5, 0.6) is 0 Å². The lowest BCUT2D eigenvalue weighted by Crippen LogP contribution is -2.25. The first kappa shape index (κ1) is 45.3. The predicted octanol–water partition coefficient (Wildman–Crippen LogP) is 11.0. The summed E-state index contributed by atoms with van der Waals surface area (Å²) in [5.41, 5.74) is 0. The first-order chi connectivity index (χ1) is 21.3. The molecule has 0 bridgehead atoms. The highest BCUT2D eigenvalue weighted by molar-refractivity contribution is 5.78. The van der Waals surface area contributed by atoms with Gasteiger partial charge in [-0.1, -0.05) is 156 Å². The summed E-state index contributed by atoms with van der Waals surface area (Å²) < 4.78 is 0. The molecule has 0 heterocycles. The highest BCUT2D eigenvalue weighted by Crippen LogP contribution is 2.16.